The van der Waals surface area contributed by atoms with Crippen LogP contribution in [0, 0.1) is 11.3 Å². The van der Waals surface area contributed by atoms with Crippen molar-refractivity contribution in [3.63, 3.8) is 0 Å². The van der Waals surface area contributed by atoms with Crippen LogP contribution in [0.5, 0.6) is 0 Å². The van der Waals surface area contributed by atoms with Crippen LogP contribution in [0.4, 0.5) is 5.69 Å². The predicted octanol–water partition coefficient (Wildman–Crippen LogP) is 2.15. The minimum Gasteiger partial charge on any atom is -0.342 e. The van der Waals surface area contributed by atoms with Gasteiger partial charge in [0.2, 0.25) is 11.8 Å². The molecule has 0 atom stereocenters. The van der Waals surface area contributed by atoms with Crippen LogP contribution in [0.25, 0.3) is 0 Å². The summed E-state index contributed by atoms with van der Waals surface area (Å²) in [6.45, 7) is 4.56. The molecule has 1 aromatic carbocycles. The molecule has 0 fully saturated rings. The van der Waals surface area contributed by atoms with Crippen molar-refractivity contribution in [2.45, 2.75) is 26.7 Å². The Hall–Kier alpha value is -2.35. The van der Waals surface area contributed by atoms with Gasteiger partial charge >= 0.3 is 0 Å². The van der Waals surface area contributed by atoms with Crippen molar-refractivity contribution in [2.75, 3.05) is 18.4 Å². The molecule has 1 rings (SSSR count). The number of nitrogens with zero attached hydrogens (tertiary/aromatic N) is 2. The van der Waals surface area contributed by atoms with Crippen molar-refractivity contribution < 1.29 is 9.59 Å². The van der Waals surface area contributed by atoms with Gasteiger partial charge in [0.05, 0.1) is 11.6 Å². The molecule has 1 N–H and O–H groups in total. The van der Waals surface area contributed by atoms with Gasteiger partial charge in [-0.15, -0.1) is 0 Å². The molecule has 0 bridgehead atoms. The highest BCUT2D eigenvalue weighted by Gasteiger charge is 2.10. The average molecular weight is 273 g/mol. The zero-order valence-corrected chi connectivity index (χ0v) is 11.8. The summed E-state index contributed by atoms with van der Waals surface area (Å²) >= 11 is 0. The molecule has 1 aromatic rings. The molecular formula is C15H19N3O2. The van der Waals surface area contributed by atoms with Crippen LogP contribution in [0.3, 0.4) is 0 Å². The standard InChI is InChI=1S/C15H19N3O2/c1-3-8-18(12(2)19)9-7-15(20)17-14-6-4-5-13(10-14)11-16/h4-6,10H,3,7-9H2,1-2H3,(H,17,20). The molecule has 0 aromatic heterocycles. The van der Waals surface area contributed by atoms with E-state index in [1.165, 1.54) is 6.92 Å². The van der Waals surface area contributed by atoms with Gasteiger partial charge in [-0.3, -0.25) is 9.59 Å². The Morgan fingerprint density at radius 3 is 2.70 bits per heavy atom. The quantitative estimate of drug-likeness (QED) is 0.863. The highest BCUT2D eigenvalue weighted by Crippen LogP contribution is 2.10. The molecule has 0 radical (unpaired) electrons. The fraction of sp³-hybridized carbons (Fsp3) is 0.400. The number of nitriles is 1. The van der Waals surface area contributed by atoms with Gasteiger partial charge in [0.15, 0.2) is 0 Å². The van der Waals surface area contributed by atoms with E-state index in [-0.39, 0.29) is 18.2 Å². The van der Waals surface area contributed by atoms with Gasteiger partial charge in [0, 0.05) is 32.1 Å². The van der Waals surface area contributed by atoms with Gasteiger partial charge in [0.1, 0.15) is 0 Å². The number of carbonyl (C=O) groups excluding carboxylic acids is 2. The maximum absolute atomic E-state index is 11.8. The van der Waals surface area contributed by atoms with E-state index < -0.39 is 0 Å². The van der Waals surface area contributed by atoms with Crippen LogP contribution in [0.15, 0.2) is 24.3 Å². The number of nitrogens with one attached hydrogen (secondary N) is 1. The van der Waals surface area contributed by atoms with Crippen molar-refractivity contribution in [3.8, 4) is 6.07 Å². The maximum Gasteiger partial charge on any atom is 0.226 e. The zero-order valence-electron chi connectivity index (χ0n) is 11.8. The number of amides is 2. The van der Waals surface area contributed by atoms with E-state index >= 15 is 0 Å². The minimum absolute atomic E-state index is 0.0221. The summed E-state index contributed by atoms with van der Waals surface area (Å²) in [6, 6.07) is 8.76. The average Bonchev–Trinajstić information content (AvgIpc) is 2.43. The molecule has 0 saturated heterocycles. The first-order valence-corrected chi connectivity index (χ1v) is 6.62. The Morgan fingerprint density at radius 1 is 1.35 bits per heavy atom. The third-order valence-corrected chi connectivity index (χ3v) is 2.82. The van der Waals surface area contributed by atoms with Crippen LogP contribution in [0.1, 0.15) is 32.3 Å². The molecule has 2 amide bonds. The topological polar surface area (TPSA) is 73.2 Å². The lowest BCUT2D eigenvalue weighted by Crippen LogP contribution is -2.32. The third-order valence-electron chi connectivity index (χ3n) is 2.82. The first kappa shape index (κ1) is 15.7. The molecule has 0 saturated carbocycles. The molecule has 0 aliphatic carbocycles. The molecule has 0 spiro atoms. The summed E-state index contributed by atoms with van der Waals surface area (Å²) in [5.41, 5.74) is 1.10. The summed E-state index contributed by atoms with van der Waals surface area (Å²) in [4.78, 5) is 24.8. The van der Waals surface area contributed by atoms with Gasteiger partial charge in [0.25, 0.3) is 0 Å². The Labute approximate surface area is 119 Å². The maximum atomic E-state index is 11.8. The van der Waals surface area contributed by atoms with Gasteiger partial charge in [-0.25, -0.2) is 0 Å². The van der Waals surface area contributed by atoms with E-state index in [4.69, 9.17) is 5.26 Å². The van der Waals surface area contributed by atoms with E-state index in [1.807, 2.05) is 13.0 Å². The highest BCUT2D eigenvalue weighted by molar-refractivity contribution is 5.91. The minimum atomic E-state index is -0.164. The fourth-order valence-electron chi connectivity index (χ4n) is 1.82. The molecular weight excluding hydrogens is 254 g/mol. The molecule has 20 heavy (non-hydrogen) atoms. The summed E-state index contributed by atoms with van der Waals surface area (Å²) < 4.78 is 0. The van der Waals surface area contributed by atoms with Crippen LogP contribution in [0.2, 0.25) is 0 Å². The second-order valence-corrected chi connectivity index (χ2v) is 4.50. The number of rotatable bonds is 6. The van der Waals surface area contributed by atoms with Gasteiger partial charge in [-0.2, -0.15) is 5.26 Å². The largest absolute Gasteiger partial charge is 0.342 e. The van der Waals surface area contributed by atoms with Crippen molar-refractivity contribution in [2.24, 2.45) is 0 Å². The van der Waals surface area contributed by atoms with Crippen LogP contribution in [-0.2, 0) is 9.59 Å². The molecule has 0 aliphatic rings. The first-order chi connectivity index (χ1) is 9.56. The van der Waals surface area contributed by atoms with Crippen molar-refractivity contribution in [1.82, 2.24) is 4.90 Å². The first-order valence-electron chi connectivity index (χ1n) is 6.62. The fourth-order valence-corrected chi connectivity index (χ4v) is 1.82. The third kappa shape index (κ3) is 5.11. The second-order valence-electron chi connectivity index (χ2n) is 4.50. The zero-order chi connectivity index (χ0) is 15.0. The number of hydrogen-bond acceptors (Lipinski definition) is 3. The van der Waals surface area contributed by atoms with Crippen LogP contribution >= 0.6 is 0 Å². The number of carbonyl (C=O) groups is 2. The summed E-state index contributed by atoms with van der Waals surface area (Å²) in [6.07, 6.45) is 1.11. The van der Waals surface area contributed by atoms with E-state index in [9.17, 15) is 9.59 Å². The number of hydrogen-bond donors (Lipinski definition) is 1. The number of benzene rings is 1. The van der Waals surface area contributed by atoms with Gasteiger partial charge in [-0.05, 0) is 24.6 Å². The van der Waals surface area contributed by atoms with Crippen molar-refractivity contribution in [3.05, 3.63) is 29.8 Å². The SMILES string of the molecule is CCCN(CCC(=O)Nc1cccc(C#N)c1)C(C)=O. The Morgan fingerprint density at radius 2 is 2.10 bits per heavy atom. The van der Waals surface area contributed by atoms with E-state index in [2.05, 4.69) is 5.32 Å². The van der Waals surface area contributed by atoms with E-state index in [1.54, 1.807) is 29.2 Å². The lowest BCUT2D eigenvalue weighted by atomic mass is 10.2. The molecule has 0 aliphatic heterocycles. The van der Waals surface area contributed by atoms with E-state index in [0.717, 1.165) is 6.42 Å². The van der Waals surface area contributed by atoms with Gasteiger partial charge in [-0.1, -0.05) is 13.0 Å². The summed E-state index contributed by atoms with van der Waals surface area (Å²) in [5.74, 6) is -0.187. The number of anilines is 1. The monoisotopic (exact) mass is 273 g/mol. The van der Waals surface area contributed by atoms with Crippen LogP contribution in [-0.4, -0.2) is 29.8 Å². The Kier molecular flexibility index (Phi) is 6.24. The molecule has 106 valence electrons. The molecule has 0 unspecified atom stereocenters. The molecule has 5 heteroatoms. The van der Waals surface area contributed by atoms with Crippen LogP contribution < -0.4 is 5.32 Å². The lowest BCUT2D eigenvalue weighted by Gasteiger charge is -2.19. The van der Waals surface area contributed by atoms with Gasteiger partial charge < -0.3 is 10.2 Å². The normalized spacial score (nSPS) is 9.65. The lowest BCUT2D eigenvalue weighted by molar-refractivity contribution is -0.129. The van der Waals surface area contributed by atoms with Crippen molar-refractivity contribution in [1.29, 1.82) is 5.26 Å². The highest BCUT2D eigenvalue weighted by atomic mass is 16.2. The van der Waals surface area contributed by atoms with Crippen molar-refractivity contribution >= 4 is 17.5 Å². The summed E-state index contributed by atoms with van der Waals surface area (Å²) in [7, 11) is 0. The Balaban J connectivity index is 2.51. The molecule has 0 heterocycles. The predicted molar refractivity (Wildman–Crippen MR) is 76.9 cm³/mol. The van der Waals surface area contributed by atoms with E-state index in [0.29, 0.717) is 24.3 Å². The molecule has 5 nitrogen and oxygen atoms in total. The summed E-state index contributed by atoms with van der Waals surface area (Å²) in [5, 5.41) is 11.5. The smallest absolute Gasteiger partial charge is 0.226 e. The second kappa shape index (κ2) is 7.95. The Bertz CT molecular complexity index is 520.